The maximum atomic E-state index is 13.0. The molecule has 0 bridgehead atoms. The van der Waals surface area contributed by atoms with Gasteiger partial charge in [-0.25, -0.2) is 4.79 Å². The smallest absolute Gasteiger partial charge is 0.326 e. The maximum Gasteiger partial charge on any atom is 0.326 e. The Balaban J connectivity index is 1.90. The van der Waals surface area contributed by atoms with Crippen LogP contribution in [0.2, 0.25) is 0 Å². The van der Waals surface area contributed by atoms with Crippen LogP contribution in [0.4, 0.5) is 0 Å². The minimum absolute atomic E-state index is 0.00386. The Kier molecular flexibility index (Phi) is 11.1. The molecule has 2 aromatic rings. The van der Waals surface area contributed by atoms with Crippen molar-refractivity contribution in [1.82, 2.24) is 10.2 Å². The number of unbranched alkanes of at least 4 members (excludes halogenated alkanes) is 1. The Morgan fingerprint density at radius 2 is 1.66 bits per heavy atom. The third-order valence-electron chi connectivity index (χ3n) is 5.71. The number of nitrogen functional groups attached to an aromatic ring is 1. The zero-order chi connectivity index (χ0) is 28.2. The molecule has 7 N–H and O–H groups in total. The molecule has 12 nitrogen and oxygen atoms in total. The molecule has 0 saturated carbocycles. The van der Waals surface area contributed by atoms with Gasteiger partial charge in [0.05, 0.1) is 13.0 Å². The van der Waals surface area contributed by atoms with Crippen LogP contribution in [0.3, 0.4) is 0 Å². The molecule has 0 aliphatic rings. The number of carbonyl (C=O) groups excluding carboxylic acids is 2. The van der Waals surface area contributed by atoms with Crippen LogP contribution in [0, 0.1) is 5.41 Å². The molecule has 0 saturated heterocycles. The lowest BCUT2D eigenvalue weighted by Gasteiger charge is -2.29. The minimum Gasteiger partial charge on any atom is -0.508 e. The van der Waals surface area contributed by atoms with Crippen molar-refractivity contribution in [3.63, 3.8) is 0 Å². The number of nitrogens with two attached hydrogens (primary N) is 1. The quantitative estimate of drug-likeness (QED) is 0.112. The van der Waals surface area contributed by atoms with Crippen LogP contribution in [0.15, 0.2) is 48.5 Å². The van der Waals surface area contributed by atoms with Crippen molar-refractivity contribution < 1.29 is 39.2 Å². The summed E-state index contributed by atoms with van der Waals surface area (Å²) in [5.41, 5.74) is 6.52. The minimum atomic E-state index is -1.44. The van der Waals surface area contributed by atoms with Gasteiger partial charge in [-0.3, -0.25) is 19.8 Å². The lowest BCUT2D eigenvalue weighted by atomic mass is 10.0. The summed E-state index contributed by atoms with van der Waals surface area (Å²) in [5, 5.41) is 38.1. The fourth-order valence-electron chi connectivity index (χ4n) is 3.59. The van der Waals surface area contributed by atoms with Gasteiger partial charge < -0.3 is 36.0 Å². The van der Waals surface area contributed by atoms with Gasteiger partial charge in [-0.1, -0.05) is 12.1 Å². The number of carboxylic acids is 2. The average Bonchev–Trinajstić information content (AvgIpc) is 2.86. The number of amidine groups is 1. The number of carbonyl (C=O) groups is 4. The predicted molar refractivity (Wildman–Crippen MR) is 137 cm³/mol. The van der Waals surface area contributed by atoms with E-state index in [2.05, 4.69) is 5.32 Å². The van der Waals surface area contributed by atoms with E-state index >= 15 is 0 Å². The molecule has 0 heterocycles. The summed E-state index contributed by atoms with van der Waals surface area (Å²) in [5.74, 6) is -3.49. The van der Waals surface area contributed by atoms with E-state index in [1.165, 1.54) is 31.3 Å². The Labute approximate surface area is 219 Å². The topological polar surface area (TPSA) is 203 Å². The average molecular weight is 529 g/mol. The third kappa shape index (κ3) is 9.45. The molecule has 0 aliphatic heterocycles. The molecule has 0 aromatic heterocycles. The number of nitrogens with zero attached hydrogens (tertiary/aromatic N) is 1. The largest absolute Gasteiger partial charge is 0.508 e. The fourth-order valence-corrected chi connectivity index (χ4v) is 3.59. The first kappa shape index (κ1) is 29.6. The van der Waals surface area contributed by atoms with E-state index < -0.39 is 42.3 Å². The summed E-state index contributed by atoms with van der Waals surface area (Å²) >= 11 is 0. The molecule has 0 fully saturated rings. The van der Waals surface area contributed by atoms with Crippen molar-refractivity contribution in [1.29, 1.82) is 5.41 Å². The summed E-state index contributed by atoms with van der Waals surface area (Å²) < 4.78 is 5.58. The van der Waals surface area contributed by atoms with Crippen LogP contribution in [-0.4, -0.2) is 75.5 Å². The third-order valence-corrected chi connectivity index (χ3v) is 5.71. The second-order valence-corrected chi connectivity index (χ2v) is 8.64. The second-order valence-electron chi connectivity index (χ2n) is 8.64. The Bertz CT molecular complexity index is 1130. The zero-order valence-electron chi connectivity index (χ0n) is 20.9. The molecule has 0 unspecified atom stereocenters. The fraction of sp³-hybridized carbons (Fsp3) is 0.346. The summed E-state index contributed by atoms with van der Waals surface area (Å²) in [6, 6.07) is 9.71. The number of carboxylic acid groups (broad SMARTS) is 2. The lowest BCUT2D eigenvalue weighted by molar-refractivity contribution is -0.151. The second kappa shape index (κ2) is 14.2. The van der Waals surface area contributed by atoms with Crippen LogP contribution in [0.1, 0.15) is 36.8 Å². The van der Waals surface area contributed by atoms with Gasteiger partial charge in [0.25, 0.3) is 0 Å². The molecule has 2 atom stereocenters. The number of amides is 2. The van der Waals surface area contributed by atoms with Gasteiger partial charge in [-0.05, 0) is 54.8 Å². The summed E-state index contributed by atoms with van der Waals surface area (Å²) in [6.45, 7) is 0.310. The molecule has 38 heavy (non-hydrogen) atoms. The van der Waals surface area contributed by atoms with Gasteiger partial charge in [-0.15, -0.1) is 0 Å². The highest BCUT2D eigenvalue weighted by Crippen LogP contribution is 2.15. The number of hydrogen-bond donors (Lipinski definition) is 6. The number of hydrogen-bond acceptors (Lipinski definition) is 7. The maximum absolute atomic E-state index is 13.0. The van der Waals surface area contributed by atoms with Crippen LogP contribution >= 0.6 is 0 Å². The number of rotatable bonds is 15. The van der Waals surface area contributed by atoms with Crippen LogP contribution < -0.4 is 15.8 Å². The van der Waals surface area contributed by atoms with Gasteiger partial charge in [0, 0.05) is 25.5 Å². The monoisotopic (exact) mass is 528 g/mol. The molecule has 2 amide bonds. The number of aliphatic carboxylic acids is 2. The molecular weight excluding hydrogens is 496 g/mol. The van der Waals surface area contributed by atoms with E-state index in [1.54, 1.807) is 24.3 Å². The Hall–Kier alpha value is -4.61. The molecule has 0 radical (unpaired) electrons. The number of likely N-dealkylation sites (N-methyl/N-ethyl adjacent to an activating group) is 1. The standard InChI is InChI=1S/C26H32N4O8/c1-30(21(26(36)37)14-16-5-9-18(31)10-6-16)25(35)20(15-23(33)34)29-22(32)4-2-3-13-38-19-11-7-17(8-12-19)24(27)28/h5-12,20-21,31H,2-4,13-15H2,1H3,(H3,27,28)(H,29,32)(H,33,34)(H,36,37)/t20-,21-/m0/s1. The highest BCUT2D eigenvalue weighted by molar-refractivity contribution is 5.95. The summed E-state index contributed by atoms with van der Waals surface area (Å²) in [4.78, 5) is 49.6. The van der Waals surface area contributed by atoms with E-state index in [9.17, 15) is 34.5 Å². The first-order valence-corrected chi connectivity index (χ1v) is 11.8. The number of benzene rings is 2. The SMILES string of the molecule is CN(C(=O)[C@H](CC(=O)O)NC(=O)CCCCOc1ccc(C(=N)N)cc1)[C@@H](Cc1ccc(O)cc1)C(=O)O. The lowest BCUT2D eigenvalue weighted by Crippen LogP contribution is -2.53. The molecule has 2 aromatic carbocycles. The van der Waals surface area contributed by atoms with Crippen LogP contribution in [0.5, 0.6) is 11.5 Å². The number of phenolic OH excluding ortho intramolecular Hbond substituents is 1. The number of aromatic hydroxyl groups is 1. The van der Waals surface area contributed by atoms with E-state index in [-0.39, 0.29) is 24.4 Å². The van der Waals surface area contributed by atoms with Crippen molar-refractivity contribution in [3.8, 4) is 11.5 Å². The zero-order valence-corrected chi connectivity index (χ0v) is 20.9. The number of nitrogens with one attached hydrogen (secondary N) is 2. The van der Waals surface area contributed by atoms with Crippen molar-refractivity contribution in [2.75, 3.05) is 13.7 Å². The van der Waals surface area contributed by atoms with Crippen LogP contribution in [-0.2, 0) is 25.6 Å². The molecule has 2 rings (SSSR count). The van der Waals surface area contributed by atoms with Crippen molar-refractivity contribution >= 4 is 29.6 Å². The molecular formula is C26H32N4O8. The molecule has 0 spiro atoms. The number of ether oxygens (including phenoxy) is 1. The normalized spacial score (nSPS) is 12.1. The first-order chi connectivity index (χ1) is 18.0. The Morgan fingerprint density at radius 1 is 1.03 bits per heavy atom. The summed E-state index contributed by atoms with van der Waals surface area (Å²) in [7, 11) is 1.24. The first-order valence-electron chi connectivity index (χ1n) is 11.8. The highest BCUT2D eigenvalue weighted by Gasteiger charge is 2.33. The Morgan fingerprint density at radius 3 is 2.21 bits per heavy atom. The summed E-state index contributed by atoms with van der Waals surface area (Å²) in [6.07, 6.45) is 0.130. The van der Waals surface area contributed by atoms with E-state index in [1.807, 2.05) is 0 Å². The highest BCUT2D eigenvalue weighted by atomic mass is 16.5. The molecule has 204 valence electrons. The van der Waals surface area contributed by atoms with E-state index in [4.69, 9.17) is 15.9 Å². The van der Waals surface area contributed by atoms with Crippen LogP contribution in [0.25, 0.3) is 0 Å². The van der Waals surface area contributed by atoms with Crippen molar-refractivity contribution in [3.05, 3.63) is 59.7 Å². The van der Waals surface area contributed by atoms with Gasteiger partial charge in [0.2, 0.25) is 11.8 Å². The van der Waals surface area contributed by atoms with Gasteiger partial charge in [0.1, 0.15) is 29.4 Å². The van der Waals surface area contributed by atoms with Gasteiger partial charge in [-0.2, -0.15) is 0 Å². The predicted octanol–water partition coefficient (Wildman–Crippen LogP) is 1.34. The molecule has 12 heteroatoms. The van der Waals surface area contributed by atoms with Gasteiger partial charge in [0.15, 0.2) is 0 Å². The van der Waals surface area contributed by atoms with E-state index in [0.29, 0.717) is 36.3 Å². The molecule has 0 aliphatic carbocycles. The van der Waals surface area contributed by atoms with Crippen molar-refractivity contribution in [2.24, 2.45) is 5.73 Å². The van der Waals surface area contributed by atoms with Gasteiger partial charge >= 0.3 is 11.9 Å². The van der Waals surface area contributed by atoms with E-state index in [0.717, 1.165) is 4.90 Å². The van der Waals surface area contributed by atoms with Crippen molar-refractivity contribution in [2.45, 2.75) is 44.2 Å². The number of phenols is 1.